The number of carbonyl (C=O) groups excluding carboxylic acids is 2. The zero-order valence-electron chi connectivity index (χ0n) is 29.3. The Labute approximate surface area is 307 Å². The van der Waals surface area contributed by atoms with Gasteiger partial charge in [-0.15, -0.1) is 0 Å². The molecule has 274 valence electrons. The minimum Gasteiger partial charge on any atom is -0.388 e. The number of aromatic nitrogens is 5. The maximum atomic E-state index is 12.8. The van der Waals surface area contributed by atoms with Gasteiger partial charge in [0.15, 0.2) is 17.0 Å². The van der Waals surface area contributed by atoms with E-state index in [1.165, 1.54) is 0 Å². The van der Waals surface area contributed by atoms with E-state index < -0.39 is 24.3 Å². The molecule has 53 heavy (non-hydrogen) atoms. The summed E-state index contributed by atoms with van der Waals surface area (Å²) >= 11 is 0. The number of nitrogens with zero attached hydrogens (tertiary/aromatic N) is 6. The van der Waals surface area contributed by atoms with Crippen molar-refractivity contribution in [2.45, 2.75) is 68.5 Å². The number of hydrogen-bond acceptors (Lipinski definition) is 10. The summed E-state index contributed by atoms with van der Waals surface area (Å²) in [5.41, 5.74) is 4.11. The van der Waals surface area contributed by atoms with Crippen LogP contribution in [-0.2, 0) is 11.3 Å². The number of amides is 3. The molecule has 6 N–H and O–H groups in total. The molecule has 0 radical (unpaired) electrons. The first-order valence-corrected chi connectivity index (χ1v) is 18.4. The topological polar surface area (TPSA) is 182 Å². The molecule has 5 aromatic rings. The molecule has 14 nitrogen and oxygen atoms in total. The third kappa shape index (κ3) is 7.64. The fourth-order valence-corrected chi connectivity index (χ4v) is 7.45. The number of pyridine rings is 1. The molecular formula is C39H44N10O4. The second-order valence-corrected chi connectivity index (χ2v) is 14.2. The SMILES string of the molecule is O=C(NCc1ccccn1)N[C@@H]1CCN(c2nc(NCC(c3ccccc3)c3ccccc3)c3ncn([C@@H]4C[C@H](NC(=O)C5CC5)[C@@H](O)[C@H]4O)c3n2)C1. The maximum absolute atomic E-state index is 12.8. The second kappa shape index (κ2) is 15.2. The molecule has 2 aromatic carbocycles. The van der Waals surface area contributed by atoms with Crippen molar-refractivity contribution in [1.29, 1.82) is 0 Å². The van der Waals surface area contributed by atoms with E-state index >= 15 is 0 Å². The van der Waals surface area contributed by atoms with Crippen molar-refractivity contribution < 1.29 is 19.8 Å². The molecule has 14 heteroatoms. The summed E-state index contributed by atoms with van der Waals surface area (Å²) < 4.78 is 1.80. The molecule has 3 aliphatic rings. The molecule has 2 aliphatic carbocycles. The fourth-order valence-electron chi connectivity index (χ4n) is 7.45. The lowest BCUT2D eigenvalue weighted by molar-refractivity contribution is -0.123. The summed E-state index contributed by atoms with van der Waals surface area (Å²) in [6.45, 7) is 1.95. The van der Waals surface area contributed by atoms with Crippen LogP contribution in [0.5, 0.6) is 0 Å². The van der Waals surface area contributed by atoms with Crippen LogP contribution in [0.25, 0.3) is 11.2 Å². The van der Waals surface area contributed by atoms with E-state index in [2.05, 4.69) is 50.5 Å². The Bertz CT molecular complexity index is 1990. The number of urea groups is 1. The minimum atomic E-state index is -1.14. The normalized spacial score (nSPS) is 22.6. The van der Waals surface area contributed by atoms with E-state index in [0.29, 0.717) is 62.0 Å². The lowest BCUT2D eigenvalue weighted by Crippen LogP contribution is -2.43. The number of imidazole rings is 1. The van der Waals surface area contributed by atoms with Crippen molar-refractivity contribution in [3.05, 3.63) is 108 Å². The Balaban J connectivity index is 1.06. The first-order chi connectivity index (χ1) is 25.9. The molecule has 0 unspecified atom stereocenters. The molecule has 3 fully saturated rings. The van der Waals surface area contributed by atoms with Crippen LogP contribution in [0.2, 0.25) is 0 Å². The third-order valence-electron chi connectivity index (χ3n) is 10.5. The summed E-state index contributed by atoms with van der Waals surface area (Å²) in [6.07, 6.45) is 3.76. The molecule has 5 atom stereocenters. The Morgan fingerprint density at radius 3 is 2.28 bits per heavy atom. The van der Waals surface area contributed by atoms with Crippen molar-refractivity contribution in [2.75, 3.05) is 29.9 Å². The smallest absolute Gasteiger partial charge is 0.315 e. The molecule has 1 saturated heterocycles. The average Bonchev–Trinajstić information content (AvgIpc) is 3.71. The summed E-state index contributed by atoms with van der Waals surface area (Å²) in [7, 11) is 0. The Hall–Kier alpha value is -5.60. The predicted molar refractivity (Wildman–Crippen MR) is 199 cm³/mol. The van der Waals surface area contributed by atoms with Crippen molar-refractivity contribution in [1.82, 2.24) is 40.5 Å². The van der Waals surface area contributed by atoms with Gasteiger partial charge < -0.3 is 40.9 Å². The van der Waals surface area contributed by atoms with E-state index in [-0.39, 0.29) is 29.8 Å². The second-order valence-electron chi connectivity index (χ2n) is 14.2. The molecule has 2 saturated carbocycles. The van der Waals surface area contributed by atoms with Crippen molar-refractivity contribution >= 4 is 34.9 Å². The van der Waals surface area contributed by atoms with Gasteiger partial charge in [-0.1, -0.05) is 66.7 Å². The van der Waals surface area contributed by atoms with E-state index in [1.54, 1.807) is 17.1 Å². The van der Waals surface area contributed by atoms with Gasteiger partial charge in [-0.2, -0.15) is 9.97 Å². The van der Waals surface area contributed by atoms with Crippen LogP contribution < -0.4 is 26.2 Å². The van der Waals surface area contributed by atoms with Gasteiger partial charge >= 0.3 is 6.03 Å². The van der Waals surface area contributed by atoms with Crippen LogP contribution in [0.1, 0.15) is 54.5 Å². The van der Waals surface area contributed by atoms with E-state index in [1.807, 2.05) is 59.5 Å². The highest BCUT2D eigenvalue weighted by atomic mass is 16.3. The summed E-state index contributed by atoms with van der Waals surface area (Å²) in [6, 6.07) is 24.6. The highest BCUT2D eigenvalue weighted by Crippen LogP contribution is 2.37. The molecule has 3 amide bonds. The monoisotopic (exact) mass is 716 g/mol. The number of hydrogen-bond donors (Lipinski definition) is 6. The minimum absolute atomic E-state index is 0.0144. The number of benzene rings is 2. The average molecular weight is 717 g/mol. The number of fused-ring (bicyclic) bond motifs is 1. The Morgan fingerprint density at radius 1 is 0.849 bits per heavy atom. The first kappa shape index (κ1) is 34.5. The molecule has 4 heterocycles. The zero-order chi connectivity index (χ0) is 36.3. The highest BCUT2D eigenvalue weighted by Gasteiger charge is 2.45. The third-order valence-corrected chi connectivity index (χ3v) is 10.5. The summed E-state index contributed by atoms with van der Waals surface area (Å²) in [4.78, 5) is 46.4. The molecule has 3 aromatic heterocycles. The quantitative estimate of drug-likeness (QED) is 0.112. The van der Waals surface area contributed by atoms with Crippen molar-refractivity contribution in [3.8, 4) is 0 Å². The molecule has 0 bridgehead atoms. The molecule has 0 spiro atoms. The zero-order valence-corrected chi connectivity index (χ0v) is 29.3. The van der Waals surface area contributed by atoms with Crippen LogP contribution in [0, 0.1) is 5.92 Å². The fraction of sp³-hybridized carbons (Fsp3) is 0.385. The largest absolute Gasteiger partial charge is 0.388 e. The standard InChI is InChI=1S/C39H44N10O4/c50-33-30(45-37(52)26-14-15-26)19-31(34(33)51)49-23-43-32-35(41-21-29(24-9-3-1-4-10-24)25-11-5-2-6-12-25)46-38(47-36(32)49)48-18-16-28(22-48)44-39(53)42-20-27-13-7-8-17-40-27/h1-13,17,23,26,28-31,33-34,50-51H,14-16,18-22H2,(H,45,52)(H,41,46,47)(H2,42,44,53)/t28-,30+,31-,33-,34+/m1/s1. The van der Waals surface area contributed by atoms with E-state index in [9.17, 15) is 19.8 Å². The molecular weight excluding hydrogens is 672 g/mol. The maximum Gasteiger partial charge on any atom is 0.315 e. The number of aliphatic hydroxyl groups excluding tert-OH is 2. The lowest BCUT2D eigenvalue weighted by Gasteiger charge is -2.22. The van der Waals surface area contributed by atoms with Gasteiger partial charge in [0.25, 0.3) is 0 Å². The highest BCUT2D eigenvalue weighted by molar-refractivity contribution is 5.85. The number of rotatable bonds is 12. The number of carbonyl (C=O) groups is 2. The van der Waals surface area contributed by atoms with Gasteiger partial charge in [-0.05, 0) is 48.9 Å². The van der Waals surface area contributed by atoms with Crippen molar-refractivity contribution in [3.63, 3.8) is 0 Å². The van der Waals surface area contributed by atoms with Crippen LogP contribution in [0.4, 0.5) is 16.6 Å². The van der Waals surface area contributed by atoms with Gasteiger partial charge in [0.2, 0.25) is 11.9 Å². The molecule has 8 rings (SSSR count). The van der Waals surface area contributed by atoms with Gasteiger partial charge in [-0.25, -0.2) is 9.78 Å². The molecule has 1 aliphatic heterocycles. The van der Waals surface area contributed by atoms with E-state index in [4.69, 9.17) is 15.0 Å². The first-order valence-electron chi connectivity index (χ1n) is 18.4. The van der Waals surface area contributed by atoms with Crippen LogP contribution in [0.3, 0.4) is 0 Å². The number of anilines is 2. The van der Waals surface area contributed by atoms with Crippen LogP contribution in [-0.4, -0.2) is 90.6 Å². The van der Waals surface area contributed by atoms with E-state index in [0.717, 1.165) is 29.7 Å². The summed E-state index contributed by atoms with van der Waals surface area (Å²) in [5.74, 6) is 0.917. The van der Waals surface area contributed by atoms with Crippen molar-refractivity contribution in [2.24, 2.45) is 5.92 Å². The predicted octanol–water partition coefficient (Wildman–Crippen LogP) is 3.10. The van der Waals surface area contributed by atoms with Crippen LogP contribution >= 0.6 is 0 Å². The Kier molecular flexibility index (Phi) is 9.87. The van der Waals surface area contributed by atoms with Gasteiger partial charge in [-0.3, -0.25) is 9.78 Å². The number of nitrogens with one attached hydrogen (secondary N) is 4. The van der Waals surface area contributed by atoms with Crippen LogP contribution in [0.15, 0.2) is 91.4 Å². The Morgan fingerprint density at radius 2 is 1.58 bits per heavy atom. The number of aliphatic hydroxyl groups is 2. The summed E-state index contributed by atoms with van der Waals surface area (Å²) in [5, 5.41) is 34.8. The lowest BCUT2D eigenvalue weighted by atomic mass is 9.91. The van der Waals surface area contributed by atoms with Gasteiger partial charge in [0.1, 0.15) is 12.2 Å². The van der Waals surface area contributed by atoms with Gasteiger partial charge in [0.05, 0.1) is 30.6 Å². The van der Waals surface area contributed by atoms with Gasteiger partial charge in [0, 0.05) is 43.7 Å².